The summed E-state index contributed by atoms with van der Waals surface area (Å²) in [6.45, 7) is 3.89. The van der Waals surface area contributed by atoms with E-state index in [1.54, 1.807) is 0 Å². The van der Waals surface area contributed by atoms with Crippen LogP contribution < -0.4 is 5.32 Å². The van der Waals surface area contributed by atoms with Crippen LogP contribution in [0.4, 0.5) is 22.0 Å². The van der Waals surface area contributed by atoms with Gasteiger partial charge in [0.05, 0.1) is 19.8 Å². The van der Waals surface area contributed by atoms with Crippen molar-refractivity contribution in [1.82, 2.24) is 10.2 Å². The van der Waals surface area contributed by atoms with Crippen LogP contribution in [0.15, 0.2) is 0 Å². The van der Waals surface area contributed by atoms with Gasteiger partial charge in [0.1, 0.15) is 12.1 Å². The standard InChI is InChI=1S/C16H21F5N2O6/c1-13(2,3)9(22-12(27)15(17,18)16(19,20)21)10(24)23-7-14(28-4-5-29-14)6-8(23)11(25)26/h8-9H,4-7H2,1-3H3,(H,22,27)(H,25,26)/t8-,9+/m0/s1. The molecule has 2 amide bonds. The fraction of sp³-hybridized carbons (Fsp3) is 0.812. The predicted octanol–water partition coefficient (Wildman–Crippen LogP) is 1.14. The molecule has 2 saturated heterocycles. The van der Waals surface area contributed by atoms with Gasteiger partial charge in [-0.15, -0.1) is 0 Å². The summed E-state index contributed by atoms with van der Waals surface area (Å²) in [5.74, 6) is -12.4. The number of rotatable bonds is 4. The van der Waals surface area contributed by atoms with Gasteiger partial charge in [-0.25, -0.2) is 4.79 Å². The van der Waals surface area contributed by atoms with E-state index in [1.807, 2.05) is 0 Å². The number of halogens is 5. The average molecular weight is 432 g/mol. The van der Waals surface area contributed by atoms with Gasteiger partial charge in [0.2, 0.25) is 5.91 Å². The first-order valence-corrected chi connectivity index (χ1v) is 8.58. The lowest BCUT2D eigenvalue weighted by Crippen LogP contribution is -2.61. The highest BCUT2D eigenvalue weighted by atomic mass is 19.4. The molecule has 166 valence electrons. The Morgan fingerprint density at radius 1 is 1.10 bits per heavy atom. The highest BCUT2D eigenvalue weighted by Gasteiger charge is 2.64. The Kier molecular flexibility index (Phi) is 5.89. The summed E-state index contributed by atoms with van der Waals surface area (Å²) in [7, 11) is 0. The largest absolute Gasteiger partial charge is 0.480 e. The smallest absolute Gasteiger partial charge is 0.463 e. The van der Waals surface area contributed by atoms with Gasteiger partial charge >= 0.3 is 24.0 Å². The van der Waals surface area contributed by atoms with Crippen molar-refractivity contribution in [2.75, 3.05) is 19.8 Å². The number of hydrogen-bond donors (Lipinski definition) is 2. The number of nitrogens with zero attached hydrogens (tertiary/aromatic N) is 1. The minimum Gasteiger partial charge on any atom is -0.480 e. The quantitative estimate of drug-likeness (QED) is 0.646. The third-order valence-electron chi connectivity index (χ3n) is 4.70. The molecule has 0 aliphatic carbocycles. The number of aliphatic carboxylic acids is 1. The lowest BCUT2D eigenvalue weighted by Gasteiger charge is -2.35. The number of amides is 2. The molecule has 2 N–H and O–H groups in total. The zero-order chi connectivity index (χ0) is 22.4. The zero-order valence-electron chi connectivity index (χ0n) is 15.8. The molecule has 13 heteroatoms. The maximum atomic E-state index is 13.4. The van der Waals surface area contributed by atoms with Crippen LogP contribution in [0.1, 0.15) is 27.2 Å². The van der Waals surface area contributed by atoms with Crippen molar-refractivity contribution in [3.8, 4) is 0 Å². The number of hydrogen-bond acceptors (Lipinski definition) is 5. The first-order chi connectivity index (χ1) is 13.0. The summed E-state index contributed by atoms with van der Waals surface area (Å²) in [5.41, 5.74) is -1.31. The van der Waals surface area contributed by atoms with E-state index < -0.39 is 53.2 Å². The van der Waals surface area contributed by atoms with Crippen LogP contribution in [0.25, 0.3) is 0 Å². The molecular formula is C16H21F5N2O6. The number of likely N-dealkylation sites (tertiary alicyclic amines) is 1. The zero-order valence-corrected chi connectivity index (χ0v) is 15.8. The first-order valence-electron chi connectivity index (χ1n) is 8.58. The lowest BCUT2D eigenvalue weighted by atomic mass is 9.85. The predicted molar refractivity (Wildman–Crippen MR) is 84.8 cm³/mol. The number of carbonyl (C=O) groups excluding carboxylic acids is 2. The van der Waals surface area contributed by atoms with Gasteiger partial charge in [0.25, 0.3) is 0 Å². The van der Waals surface area contributed by atoms with Crippen molar-refractivity contribution in [2.45, 2.75) is 57.2 Å². The second-order valence-electron chi connectivity index (χ2n) is 7.98. The van der Waals surface area contributed by atoms with Gasteiger partial charge in [-0.2, -0.15) is 22.0 Å². The monoisotopic (exact) mass is 432 g/mol. The fourth-order valence-corrected chi connectivity index (χ4v) is 3.16. The number of carbonyl (C=O) groups is 3. The van der Waals surface area contributed by atoms with E-state index in [9.17, 15) is 41.4 Å². The normalized spacial score (nSPS) is 23.3. The molecule has 2 aliphatic heterocycles. The van der Waals surface area contributed by atoms with Gasteiger partial charge < -0.3 is 24.8 Å². The molecule has 2 rings (SSSR count). The van der Waals surface area contributed by atoms with Crippen molar-refractivity contribution < 1.29 is 50.9 Å². The second kappa shape index (κ2) is 7.35. The molecule has 29 heavy (non-hydrogen) atoms. The third-order valence-corrected chi connectivity index (χ3v) is 4.70. The number of ether oxygens (including phenoxy) is 2. The van der Waals surface area contributed by atoms with E-state index in [-0.39, 0.29) is 26.2 Å². The Hall–Kier alpha value is -2.02. The molecule has 0 bridgehead atoms. The number of alkyl halides is 5. The maximum Gasteiger partial charge on any atom is 0.463 e. The third kappa shape index (κ3) is 4.44. The van der Waals surface area contributed by atoms with Crippen molar-refractivity contribution in [3.63, 3.8) is 0 Å². The molecule has 0 saturated carbocycles. The van der Waals surface area contributed by atoms with Crippen molar-refractivity contribution in [2.24, 2.45) is 5.41 Å². The van der Waals surface area contributed by atoms with E-state index in [1.165, 1.54) is 26.1 Å². The average Bonchev–Trinajstić information content (AvgIpc) is 3.17. The molecule has 1 spiro atoms. The number of nitrogens with one attached hydrogen (secondary N) is 1. The number of carboxylic acids is 1. The van der Waals surface area contributed by atoms with Crippen LogP contribution >= 0.6 is 0 Å². The molecule has 2 aliphatic rings. The topological polar surface area (TPSA) is 105 Å². The summed E-state index contributed by atoms with van der Waals surface area (Å²) < 4.78 is 74.9. The molecule has 0 aromatic heterocycles. The van der Waals surface area contributed by atoms with E-state index in [0.717, 1.165) is 4.90 Å². The van der Waals surface area contributed by atoms with Crippen molar-refractivity contribution >= 4 is 17.8 Å². The Balaban J connectivity index is 2.31. The van der Waals surface area contributed by atoms with E-state index >= 15 is 0 Å². The van der Waals surface area contributed by atoms with Crippen LogP contribution in [-0.2, 0) is 23.9 Å². The highest BCUT2D eigenvalue weighted by Crippen LogP contribution is 2.38. The molecule has 8 nitrogen and oxygen atoms in total. The van der Waals surface area contributed by atoms with E-state index in [2.05, 4.69) is 0 Å². The van der Waals surface area contributed by atoms with Crippen LogP contribution in [0, 0.1) is 5.41 Å². The van der Waals surface area contributed by atoms with Crippen LogP contribution in [0.3, 0.4) is 0 Å². The van der Waals surface area contributed by atoms with Gasteiger partial charge in [0.15, 0.2) is 5.79 Å². The van der Waals surface area contributed by atoms with Gasteiger partial charge in [0, 0.05) is 6.42 Å². The SMILES string of the molecule is CC(C)(C)[C@H](NC(=O)C(F)(F)C(F)(F)F)C(=O)N1CC2(C[C@H]1C(=O)O)OCCO2. The van der Waals surface area contributed by atoms with Gasteiger partial charge in [-0.3, -0.25) is 9.59 Å². The van der Waals surface area contributed by atoms with Crippen LogP contribution in [0.5, 0.6) is 0 Å². The summed E-state index contributed by atoms with van der Waals surface area (Å²) >= 11 is 0. The molecule has 2 heterocycles. The van der Waals surface area contributed by atoms with Crippen molar-refractivity contribution in [3.05, 3.63) is 0 Å². The second-order valence-corrected chi connectivity index (χ2v) is 7.98. The molecule has 0 radical (unpaired) electrons. The van der Waals surface area contributed by atoms with Gasteiger partial charge in [-0.05, 0) is 5.41 Å². The minimum atomic E-state index is -6.16. The summed E-state index contributed by atoms with van der Waals surface area (Å²) in [5, 5.41) is 10.9. The molecular weight excluding hydrogens is 411 g/mol. The molecule has 2 atom stereocenters. The highest BCUT2D eigenvalue weighted by molar-refractivity contribution is 5.93. The van der Waals surface area contributed by atoms with Crippen molar-refractivity contribution in [1.29, 1.82) is 0 Å². The molecule has 0 aromatic rings. The van der Waals surface area contributed by atoms with E-state index in [0.29, 0.717) is 0 Å². The first kappa shape index (κ1) is 23.3. The summed E-state index contributed by atoms with van der Waals surface area (Å²) in [6, 6.07) is -3.33. The Bertz CT molecular complexity index is 684. The maximum absolute atomic E-state index is 13.4. The summed E-state index contributed by atoms with van der Waals surface area (Å²) in [4.78, 5) is 36.9. The number of carboxylic acid groups (broad SMARTS) is 1. The Morgan fingerprint density at radius 2 is 1.62 bits per heavy atom. The lowest BCUT2D eigenvalue weighted by molar-refractivity contribution is -0.270. The molecule has 2 fully saturated rings. The van der Waals surface area contributed by atoms with Gasteiger partial charge in [-0.1, -0.05) is 20.8 Å². The van der Waals surface area contributed by atoms with E-state index in [4.69, 9.17) is 9.47 Å². The Morgan fingerprint density at radius 3 is 2.03 bits per heavy atom. The summed E-state index contributed by atoms with van der Waals surface area (Å²) in [6.07, 6.45) is -6.41. The Labute approximate surface area is 162 Å². The fourth-order valence-electron chi connectivity index (χ4n) is 3.16. The van der Waals surface area contributed by atoms with Crippen LogP contribution in [-0.4, -0.2) is 77.5 Å². The minimum absolute atomic E-state index is 0.144. The molecule has 0 unspecified atom stereocenters. The molecule has 0 aromatic carbocycles. The van der Waals surface area contributed by atoms with Crippen LogP contribution in [0.2, 0.25) is 0 Å².